The molecule has 0 bridgehead atoms. The first-order valence-electron chi connectivity index (χ1n) is 8.94. The van der Waals surface area contributed by atoms with Gasteiger partial charge >= 0.3 is 5.91 Å². The van der Waals surface area contributed by atoms with Crippen molar-refractivity contribution in [2.45, 2.75) is 12.8 Å². The molecule has 2 atom stereocenters. The van der Waals surface area contributed by atoms with Crippen LogP contribution in [0, 0.1) is 12.8 Å². The van der Waals surface area contributed by atoms with Gasteiger partial charge in [0, 0.05) is 17.4 Å². The first kappa shape index (κ1) is 17.9. The Bertz CT molecular complexity index is 1040. The lowest BCUT2D eigenvalue weighted by molar-refractivity contribution is 0.0927. The topological polar surface area (TPSA) is 84.1 Å². The van der Waals surface area contributed by atoms with E-state index in [-0.39, 0.29) is 23.3 Å². The van der Waals surface area contributed by atoms with Gasteiger partial charge in [-0.25, -0.2) is 5.43 Å². The van der Waals surface area contributed by atoms with E-state index in [9.17, 15) is 9.90 Å². The van der Waals surface area contributed by atoms with Crippen molar-refractivity contribution in [2.75, 3.05) is 7.11 Å². The summed E-state index contributed by atoms with van der Waals surface area (Å²) in [6.07, 6.45) is 13.8. The number of aromatic hydroxyl groups is 1. The summed E-state index contributed by atoms with van der Waals surface area (Å²) < 4.78 is 10.8. The number of nitrogens with one attached hydrogen (secondary N) is 1. The number of nitrogens with zero attached hydrogens (tertiary/aromatic N) is 1. The minimum Gasteiger partial charge on any atom is -0.504 e. The zero-order chi connectivity index (χ0) is 19.7. The second-order valence-electron chi connectivity index (χ2n) is 6.75. The lowest BCUT2D eigenvalue weighted by atomic mass is 9.80. The number of carbonyl (C=O) groups excluding carboxylic acids is 1. The van der Waals surface area contributed by atoms with Crippen molar-refractivity contribution in [1.29, 1.82) is 0 Å². The number of methoxy groups -OCH3 is 1. The van der Waals surface area contributed by atoms with Gasteiger partial charge in [-0.15, -0.1) is 0 Å². The number of carbonyl (C=O) groups is 1. The van der Waals surface area contributed by atoms with Crippen molar-refractivity contribution >= 4 is 18.2 Å². The monoisotopic (exact) mass is 376 g/mol. The van der Waals surface area contributed by atoms with E-state index in [0.29, 0.717) is 22.6 Å². The van der Waals surface area contributed by atoms with E-state index < -0.39 is 5.91 Å². The number of benzene rings is 1. The van der Waals surface area contributed by atoms with Crippen LogP contribution in [0.2, 0.25) is 0 Å². The Morgan fingerprint density at radius 1 is 1.25 bits per heavy atom. The summed E-state index contributed by atoms with van der Waals surface area (Å²) in [4.78, 5) is 12.4. The van der Waals surface area contributed by atoms with Gasteiger partial charge < -0.3 is 14.3 Å². The van der Waals surface area contributed by atoms with Crippen molar-refractivity contribution in [2.24, 2.45) is 11.0 Å². The molecule has 1 heterocycles. The Kier molecular flexibility index (Phi) is 4.61. The molecule has 1 aromatic heterocycles. The zero-order valence-corrected chi connectivity index (χ0v) is 15.5. The minimum absolute atomic E-state index is 0.0859. The van der Waals surface area contributed by atoms with Crippen LogP contribution in [0.4, 0.5) is 0 Å². The fourth-order valence-electron chi connectivity index (χ4n) is 3.46. The number of hydrogen-bond acceptors (Lipinski definition) is 5. The fourth-order valence-corrected chi connectivity index (χ4v) is 3.46. The van der Waals surface area contributed by atoms with E-state index in [1.165, 1.54) is 13.3 Å². The molecule has 6 heteroatoms. The van der Waals surface area contributed by atoms with E-state index >= 15 is 0 Å². The number of furan rings is 1. The maximum absolute atomic E-state index is 12.4. The van der Waals surface area contributed by atoms with Gasteiger partial charge in [0.05, 0.1) is 13.3 Å². The second-order valence-corrected chi connectivity index (χ2v) is 6.75. The van der Waals surface area contributed by atoms with Crippen LogP contribution in [0.25, 0.3) is 6.08 Å². The van der Waals surface area contributed by atoms with Crippen molar-refractivity contribution in [1.82, 2.24) is 5.43 Å². The van der Waals surface area contributed by atoms with E-state index in [1.54, 1.807) is 25.1 Å². The molecule has 1 amide bonds. The number of hydrazone groups is 1. The normalized spacial score (nSPS) is 19.5. The van der Waals surface area contributed by atoms with Crippen molar-refractivity contribution < 1.29 is 19.1 Å². The highest BCUT2D eigenvalue weighted by Crippen LogP contribution is 2.39. The van der Waals surface area contributed by atoms with Gasteiger partial charge in [0.2, 0.25) is 0 Å². The Morgan fingerprint density at radius 2 is 2.07 bits per heavy atom. The predicted octanol–water partition coefficient (Wildman–Crippen LogP) is 3.92. The van der Waals surface area contributed by atoms with Gasteiger partial charge in [-0.2, -0.15) is 5.10 Å². The van der Waals surface area contributed by atoms with E-state index in [1.807, 2.05) is 18.2 Å². The number of fused-ring (bicyclic) bond motifs is 3. The number of phenolic OH excluding ortho intramolecular Hbond substituents is 1. The van der Waals surface area contributed by atoms with Crippen LogP contribution in [-0.2, 0) is 0 Å². The van der Waals surface area contributed by atoms with Gasteiger partial charge in [0.25, 0.3) is 0 Å². The van der Waals surface area contributed by atoms with Gasteiger partial charge in [0.1, 0.15) is 5.76 Å². The molecular formula is C22H20N2O4. The molecule has 4 rings (SSSR count). The Morgan fingerprint density at radius 3 is 2.89 bits per heavy atom. The van der Waals surface area contributed by atoms with Crippen LogP contribution in [0.15, 0.2) is 58.1 Å². The highest BCUT2D eigenvalue weighted by Gasteiger charge is 2.28. The molecule has 0 saturated carbocycles. The number of aryl methyl sites for hydroxylation is 1. The summed E-state index contributed by atoms with van der Waals surface area (Å²) in [5.74, 6) is 1.41. The van der Waals surface area contributed by atoms with Gasteiger partial charge in [-0.1, -0.05) is 30.4 Å². The molecular weight excluding hydrogens is 356 g/mol. The van der Waals surface area contributed by atoms with Gasteiger partial charge in [0.15, 0.2) is 17.3 Å². The number of ether oxygens (including phenoxy) is 1. The van der Waals surface area contributed by atoms with Crippen molar-refractivity contribution in [3.63, 3.8) is 0 Å². The molecule has 0 fully saturated rings. The molecule has 2 aliphatic rings. The number of allylic oxidation sites excluding steroid dienone is 5. The van der Waals surface area contributed by atoms with Crippen LogP contribution in [-0.4, -0.2) is 24.3 Å². The van der Waals surface area contributed by atoms with Crippen LogP contribution >= 0.6 is 0 Å². The summed E-state index contributed by atoms with van der Waals surface area (Å²) in [6.45, 7) is 1.76. The third kappa shape index (κ3) is 3.24. The first-order valence-corrected chi connectivity index (χ1v) is 8.94. The second kappa shape index (κ2) is 7.23. The smallest absolute Gasteiger partial charge is 0.307 e. The number of amides is 1. The quantitative estimate of drug-likeness (QED) is 0.626. The van der Waals surface area contributed by atoms with Gasteiger partial charge in [-0.05, 0) is 42.3 Å². The van der Waals surface area contributed by atoms with Gasteiger partial charge in [-0.3, -0.25) is 4.79 Å². The van der Waals surface area contributed by atoms with Crippen LogP contribution < -0.4 is 10.2 Å². The summed E-state index contributed by atoms with van der Waals surface area (Å²) >= 11 is 0. The zero-order valence-electron chi connectivity index (χ0n) is 15.5. The standard InChI is InChI=1S/C22H20N2O4/c1-13-9-14(10-19(27-2)21(13)25)12-23-24-22(26)20-11-17-16-6-4-3-5-15(16)7-8-18(17)28-20/h3-12,15-16,25H,1-2H3,(H,24,26). The summed E-state index contributed by atoms with van der Waals surface area (Å²) in [7, 11) is 1.48. The SMILES string of the molecule is COc1cc(C=NNC(=O)c2cc3c(o2)C=CC2C=CC=CC32)cc(C)c1O. The highest BCUT2D eigenvalue weighted by atomic mass is 16.5. The highest BCUT2D eigenvalue weighted by molar-refractivity contribution is 5.93. The average Bonchev–Trinajstić information content (AvgIpc) is 3.15. The number of hydrogen-bond donors (Lipinski definition) is 2. The molecule has 0 aliphatic heterocycles. The molecule has 142 valence electrons. The molecule has 0 spiro atoms. The molecule has 1 aromatic carbocycles. The minimum atomic E-state index is -0.423. The summed E-state index contributed by atoms with van der Waals surface area (Å²) in [6, 6.07) is 5.16. The molecule has 2 aromatic rings. The third-order valence-electron chi connectivity index (χ3n) is 4.91. The van der Waals surface area contributed by atoms with E-state index in [4.69, 9.17) is 9.15 Å². The molecule has 28 heavy (non-hydrogen) atoms. The van der Waals surface area contributed by atoms with Crippen LogP contribution in [0.3, 0.4) is 0 Å². The maximum Gasteiger partial charge on any atom is 0.307 e. The number of phenols is 1. The van der Waals surface area contributed by atoms with Crippen LogP contribution in [0.5, 0.6) is 11.5 Å². The molecule has 2 unspecified atom stereocenters. The Labute approximate surface area is 162 Å². The molecule has 6 nitrogen and oxygen atoms in total. The van der Waals surface area contributed by atoms with E-state index in [2.05, 4.69) is 28.8 Å². The third-order valence-corrected chi connectivity index (χ3v) is 4.91. The molecule has 0 radical (unpaired) electrons. The average molecular weight is 376 g/mol. The van der Waals surface area contributed by atoms with Crippen molar-refractivity contribution in [3.05, 3.63) is 76.8 Å². The van der Waals surface area contributed by atoms with Crippen molar-refractivity contribution in [3.8, 4) is 11.5 Å². The van der Waals surface area contributed by atoms with E-state index in [0.717, 1.165) is 5.56 Å². The predicted molar refractivity (Wildman–Crippen MR) is 107 cm³/mol. The van der Waals surface area contributed by atoms with Crippen LogP contribution in [0.1, 0.15) is 38.9 Å². The Balaban J connectivity index is 1.48. The fraction of sp³-hybridized carbons (Fsp3) is 0.182. The molecule has 2 N–H and O–H groups in total. The summed E-state index contributed by atoms with van der Waals surface area (Å²) in [5.41, 5.74) is 4.82. The lowest BCUT2D eigenvalue weighted by Crippen LogP contribution is -2.17. The largest absolute Gasteiger partial charge is 0.504 e. The summed E-state index contributed by atoms with van der Waals surface area (Å²) in [5, 5.41) is 13.9. The molecule has 0 saturated heterocycles. The Hall–Kier alpha value is -3.54. The number of rotatable bonds is 4. The molecule has 2 aliphatic carbocycles. The lowest BCUT2D eigenvalue weighted by Gasteiger charge is -2.23. The first-order chi connectivity index (χ1) is 13.6. The maximum atomic E-state index is 12.4.